The van der Waals surface area contributed by atoms with Crippen LogP contribution in [0.4, 0.5) is 0 Å². The van der Waals surface area contributed by atoms with Gasteiger partial charge >= 0.3 is 21.7 Å². The summed E-state index contributed by atoms with van der Waals surface area (Å²) in [7, 11) is 0. The van der Waals surface area contributed by atoms with Crippen LogP contribution in [0.5, 0.6) is 0 Å². The predicted molar refractivity (Wildman–Crippen MR) is 229 cm³/mol. The Labute approximate surface area is 332 Å². The summed E-state index contributed by atoms with van der Waals surface area (Å²) in [6.07, 6.45) is 55.5. The molecule has 0 rings (SSSR count). The van der Waals surface area contributed by atoms with Crippen molar-refractivity contribution in [2.75, 3.05) is 0 Å². The van der Waals surface area contributed by atoms with Crippen LogP contribution in [0.25, 0.3) is 0 Å². The number of hydrogen-bond donors (Lipinski definition) is 0. The molecule has 0 atom stereocenters. The maximum absolute atomic E-state index is 3.84. The van der Waals surface area contributed by atoms with Crippen molar-refractivity contribution in [2.45, 2.75) is 285 Å². The first-order valence-electron chi connectivity index (χ1n) is 22.8. The van der Waals surface area contributed by atoms with Crippen LogP contribution in [0, 0.1) is 27.7 Å². The normalized spacial score (nSPS) is 10.3. The number of hydrogen-bond acceptors (Lipinski definition) is 0. The van der Waals surface area contributed by atoms with E-state index >= 15 is 0 Å². The molecule has 0 fully saturated rings. The van der Waals surface area contributed by atoms with Crippen molar-refractivity contribution in [3.8, 4) is 0 Å². The van der Waals surface area contributed by atoms with Crippen LogP contribution >= 0.6 is 0 Å². The van der Waals surface area contributed by atoms with E-state index in [1.807, 2.05) is 0 Å². The standard InChI is InChI=1S/4C12H25.Ti/c4*1-3-5-7-9-11-12-10-8-6-4-2;/h4*1,3-12H2,2H3;/q4*-1;+4. The van der Waals surface area contributed by atoms with Gasteiger partial charge in [-0.05, 0) is 0 Å². The SMILES string of the molecule is [CH2-]CCCCCCCCCCC.[CH2-]CCCCCCCCCCC.[CH2-]CCCCCCCCCCC.[CH2-]CCCCCCCCCCC.[Ti+4]. The largest absolute Gasteiger partial charge is 4.00 e. The Morgan fingerprint density at radius 3 is 0.388 bits per heavy atom. The van der Waals surface area contributed by atoms with E-state index in [0.717, 1.165) is 25.7 Å². The van der Waals surface area contributed by atoms with Crippen LogP contribution in [0.3, 0.4) is 0 Å². The molecule has 0 heterocycles. The molecule has 296 valence electrons. The van der Waals surface area contributed by atoms with Crippen LogP contribution < -0.4 is 0 Å². The monoisotopic (exact) mass is 725 g/mol. The first kappa shape index (κ1) is 59.0. The van der Waals surface area contributed by atoms with Crippen molar-refractivity contribution in [2.24, 2.45) is 0 Å². The van der Waals surface area contributed by atoms with Gasteiger partial charge in [0.05, 0.1) is 0 Å². The summed E-state index contributed by atoms with van der Waals surface area (Å²) < 4.78 is 0. The topological polar surface area (TPSA) is 0 Å². The molecule has 0 unspecified atom stereocenters. The van der Waals surface area contributed by atoms with Gasteiger partial charge in [0.25, 0.3) is 0 Å². The van der Waals surface area contributed by atoms with Crippen molar-refractivity contribution in [3.05, 3.63) is 27.7 Å². The molecule has 0 saturated heterocycles. The molecule has 0 radical (unpaired) electrons. The van der Waals surface area contributed by atoms with Gasteiger partial charge in [0, 0.05) is 0 Å². The van der Waals surface area contributed by atoms with E-state index in [1.54, 1.807) is 0 Å². The third kappa shape index (κ3) is 78.9. The minimum atomic E-state index is 0. The zero-order valence-corrected chi connectivity index (χ0v) is 37.2. The number of rotatable bonds is 36. The van der Waals surface area contributed by atoms with Crippen LogP contribution in [-0.2, 0) is 21.7 Å². The first-order valence-corrected chi connectivity index (χ1v) is 22.8. The van der Waals surface area contributed by atoms with E-state index in [-0.39, 0.29) is 21.7 Å². The third-order valence-corrected chi connectivity index (χ3v) is 9.41. The summed E-state index contributed by atoms with van der Waals surface area (Å²) in [4.78, 5) is 0. The smallest absolute Gasteiger partial charge is 0.343 e. The van der Waals surface area contributed by atoms with Crippen molar-refractivity contribution in [3.63, 3.8) is 0 Å². The van der Waals surface area contributed by atoms with Crippen LogP contribution in [-0.4, -0.2) is 0 Å². The molecule has 0 saturated carbocycles. The number of unbranched alkanes of at least 4 members (excludes halogenated alkanes) is 36. The molecule has 0 aliphatic heterocycles. The van der Waals surface area contributed by atoms with E-state index in [2.05, 4.69) is 55.4 Å². The molecule has 0 N–H and O–H groups in total. The molecule has 0 nitrogen and oxygen atoms in total. The first-order chi connectivity index (χ1) is 23.7. The van der Waals surface area contributed by atoms with Crippen molar-refractivity contribution < 1.29 is 21.7 Å². The summed E-state index contributed by atoms with van der Waals surface area (Å²) >= 11 is 0. The van der Waals surface area contributed by atoms with Gasteiger partial charge in [0.2, 0.25) is 0 Å². The second kappa shape index (κ2) is 66.9. The third-order valence-electron chi connectivity index (χ3n) is 9.41. The second-order valence-corrected chi connectivity index (χ2v) is 14.7. The molecule has 0 aromatic carbocycles. The fourth-order valence-electron chi connectivity index (χ4n) is 5.95. The summed E-state index contributed by atoms with van der Waals surface area (Å²) in [6.45, 7) is 24.5. The van der Waals surface area contributed by atoms with Gasteiger partial charge in [-0.1, -0.05) is 259 Å². The zero-order chi connectivity index (χ0) is 36.3. The second-order valence-electron chi connectivity index (χ2n) is 14.7. The van der Waals surface area contributed by atoms with Crippen LogP contribution in [0.2, 0.25) is 0 Å². The van der Waals surface area contributed by atoms with Gasteiger partial charge in [0.15, 0.2) is 0 Å². The maximum Gasteiger partial charge on any atom is 4.00 e. The van der Waals surface area contributed by atoms with Crippen molar-refractivity contribution >= 4 is 0 Å². The van der Waals surface area contributed by atoms with Crippen molar-refractivity contribution in [1.82, 2.24) is 0 Å². The van der Waals surface area contributed by atoms with Crippen LogP contribution in [0.1, 0.15) is 285 Å². The molecule has 49 heavy (non-hydrogen) atoms. The van der Waals surface area contributed by atoms with Gasteiger partial charge < -0.3 is 27.7 Å². The Morgan fingerprint density at radius 2 is 0.286 bits per heavy atom. The van der Waals surface area contributed by atoms with Gasteiger partial charge in [-0.25, -0.2) is 0 Å². The van der Waals surface area contributed by atoms with Gasteiger partial charge in [-0.3, -0.25) is 0 Å². The predicted octanol–water partition coefficient (Wildman–Crippen LogP) is 19.0. The van der Waals surface area contributed by atoms with E-state index in [1.165, 1.54) is 231 Å². The van der Waals surface area contributed by atoms with Gasteiger partial charge in [-0.15, -0.1) is 0 Å². The van der Waals surface area contributed by atoms with Gasteiger partial charge in [0.1, 0.15) is 0 Å². The van der Waals surface area contributed by atoms with E-state index < -0.39 is 0 Å². The van der Waals surface area contributed by atoms with E-state index in [9.17, 15) is 0 Å². The molecule has 0 bridgehead atoms. The molecule has 1 heteroatoms. The molecule has 0 aliphatic rings. The summed E-state index contributed by atoms with van der Waals surface area (Å²) in [5.41, 5.74) is 0. The molecule has 0 spiro atoms. The molecule has 0 aromatic rings. The fraction of sp³-hybridized carbons (Fsp3) is 0.917. The van der Waals surface area contributed by atoms with Crippen LogP contribution in [0.15, 0.2) is 0 Å². The molecule has 0 aromatic heterocycles. The minimum Gasteiger partial charge on any atom is -0.343 e. The van der Waals surface area contributed by atoms with Crippen molar-refractivity contribution in [1.29, 1.82) is 0 Å². The summed E-state index contributed by atoms with van der Waals surface area (Å²) in [5.74, 6) is 0. The molecule has 0 aliphatic carbocycles. The Balaban J connectivity index is -0.000000174. The average Bonchev–Trinajstić information content (AvgIpc) is 3.10. The molecular weight excluding hydrogens is 624 g/mol. The van der Waals surface area contributed by atoms with E-state index in [4.69, 9.17) is 0 Å². The fourth-order valence-corrected chi connectivity index (χ4v) is 5.95. The zero-order valence-electron chi connectivity index (χ0n) is 35.6. The summed E-state index contributed by atoms with van der Waals surface area (Å²) in [6, 6.07) is 0. The maximum atomic E-state index is 3.84. The minimum absolute atomic E-state index is 0. The quantitative estimate of drug-likeness (QED) is 0.0343. The Hall–Kier alpha value is 0.714. The molecular formula is C48H100Ti. The van der Waals surface area contributed by atoms with E-state index in [0.29, 0.717) is 0 Å². The summed E-state index contributed by atoms with van der Waals surface area (Å²) in [5, 5.41) is 0. The van der Waals surface area contributed by atoms with Gasteiger partial charge in [-0.2, -0.15) is 25.7 Å². The average molecular weight is 725 g/mol. The Bertz CT molecular complexity index is 313. The Kier molecular flexibility index (Phi) is 80.6. The Morgan fingerprint density at radius 1 is 0.184 bits per heavy atom. The molecule has 0 amide bonds.